The predicted octanol–water partition coefficient (Wildman–Crippen LogP) is 1.25. The van der Waals surface area contributed by atoms with Gasteiger partial charge in [0, 0.05) is 6.54 Å². The molecule has 0 radical (unpaired) electrons. The Labute approximate surface area is 102 Å². The average Bonchev–Trinajstić information content (AvgIpc) is 2.35. The van der Waals surface area contributed by atoms with Crippen LogP contribution in [0.25, 0.3) is 0 Å². The first kappa shape index (κ1) is 13.7. The SMILES string of the molecule is COC(=O)c1cccc(CN(C)CCCN)c1. The van der Waals surface area contributed by atoms with Crippen LogP contribution in [0.1, 0.15) is 22.3 Å². The summed E-state index contributed by atoms with van der Waals surface area (Å²) in [6.07, 6.45) is 0.979. The van der Waals surface area contributed by atoms with Crippen molar-refractivity contribution >= 4 is 5.97 Å². The first-order valence-corrected chi connectivity index (χ1v) is 5.73. The van der Waals surface area contributed by atoms with Crippen molar-refractivity contribution in [2.75, 3.05) is 27.2 Å². The summed E-state index contributed by atoms with van der Waals surface area (Å²) in [4.78, 5) is 13.6. The third-order valence-electron chi connectivity index (χ3n) is 2.54. The fourth-order valence-corrected chi connectivity index (χ4v) is 1.67. The number of esters is 1. The largest absolute Gasteiger partial charge is 0.465 e. The van der Waals surface area contributed by atoms with Crippen LogP contribution in [0.3, 0.4) is 0 Å². The first-order valence-electron chi connectivity index (χ1n) is 5.73. The summed E-state index contributed by atoms with van der Waals surface area (Å²) in [5.74, 6) is -0.295. The quantitative estimate of drug-likeness (QED) is 0.755. The summed E-state index contributed by atoms with van der Waals surface area (Å²) in [6, 6.07) is 7.50. The molecule has 0 unspecified atom stereocenters. The molecule has 0 saturated heterocycles. The van der Waals surface area contributed by atoms with E-state index in [1.807, 2.05) is 25.2 Å². The van der Waals surface area contributed by atoms with E-state index in [4.69, 9.17) is 10.5 Å². The van der Waals surface area contributed by atoms with Crippen molar-refractivity contribution in [2.24, 2.45) is 5.73 Å². The van der Waals surface area contributed by atoms with E-state index in [0.717, 1.165) is 25.1 Å². The molecule has 0 aliphatic heterocycles. The van der Waals surface area contributed by atoms with Gasteiger partial charge in [-0.3, -0.25) is 0 Å². The van der Waals surface area contributed by atoms with Crippen molar-refractivity contribution in [1.29, 1.82) is 0 Å². The minimum Gasteiger partial charge on any atom is -0.465 e. The lowest BCUT2D eigenvalue weighted by molar-refractivity contribution is 0.0600. The molecule has 1 aromatic rings. The second-order valence-corrected chi connectivity index (χ2v) is 4.07. The van der Waals surface area contributed by atoms with E-state index in [0.29, 0.717) is 12.1 Å². The summed E-state index contributed by atoms with van der Waals surface area (Å²) in [5, 5.41) is 0. The van der Waals surface area contributed by atoms with Crippen LogP contribution < -0.4 is 5.73 Å². The summed E-state index contributed by atoms with van der Waals surface area (Å²) in [5.41, 5.74) is 7.16. The van der Waals surface area contributed by atoms with Gasteiger partial charge in [-0.1, -0.05) is 12.1 Å². The molecule has 0 spiro atoms. The molecule has 0 aromatic heterocycles. The van der Waals surface area contributed by atoms with Crippen molar-refractivity contribution in [3.05, 3.63) is 35.4 Å². The van der Waals surface area contributed by atoms with Crippen molar-refractivity contribution in [2.45, 2.75) is 13.0 Å². The maximum absolute atomic E-state index is 11.4. The summed E-state index contributed by atoms with van der Waals surface area (Å²) >= 11 is 0. The second-order valence-electron chi connectivity index (χ2n) is 4.07. The lowest BCUT2D eigenvalue weighted by Gasteiger charge is -2.16. The van der Waals surface area contributed by atoms with Crippen molar-refractivity contribution in [3.63, 3.8) is 0 Å². The molecule has 0 heterocycles. The van der Waals surface area contributed by atoms with Crippen LogP contribution in [0.5, 0.6) is 0 Å². The number of nitrogens with zero attached hydrogens (tertiary/aromatic N) is 1. The van der Waals surface area contributed by atoms with Crippen LogP contribution in [-0.2, 0) is 11.3 Å². The molecule has 1 aromatic carbocycles. The highest BCUT2D eigenvalue weighted by Crippen LogP contribution is 2.08. The van der Waals surface area contributed by atoms with E-state index < -0.39 is 0 Å². The second kappa shape index (κ2) is 7.04. The molecule has 0 aliphatic rings. The predicted molar refractivity (Wildman–Crippen MR) is 67.8 cm³/mol. The molecule has 4 heteroatoms. The zero-order valence-electron chi connectivity index (χ0n) is 10.5. The van der Waals surface area contributed by atoms with Gasteiger partial charge in [-0.2, -0.15) is 0 Å². The maximum Gasteiger partial charge on any atom is 0.337 e. The van der Waals surface area contributed by atoms with Gasteiger partial charge < -0.3 is 15.4 Å². The number of carbonyl (C=O) groups excluding carboxylic acids is 1. The highest BCUT2D eigenvalue weighted by atomic mass is 16.5. The molecule has 0 bridgehead atoms. The Morgan fingerprint density at radius 3 is 2.88 bits per heavy atom. The Balaban J connectivity index is 2.62. The van der Waals surface area contributed by atoms with Crippen LogP contribution in [0.15, 0.2) is 24.3 Å². The highest BCUT2D eigenvalue weighted by molar-refractivity contribution is 5.89. The molecule has 2 N–H and O–H groups in total. The van der Waals surface area contributed by atoms with Crippen molar-refractivity contribution < 1.29 is 9.53 Å². The van der Waals surface area contributed by atoms with Gasteiger partial charge in [-0.15, -0.1) is 0 Å². The van der Waals surface area contributed by atoms with E-state index in [-0.39, 0.29) is 5.97 Å². The Morgan fingerprint density at radius 1 is 1.47 bits per heavy atom. The molecule has 1 rings (SSSR count). The summed E-state index contributed by atoms with van der Waals surface area (Å²) in [7, 11) is 3.43. The van der Waals surface area contributed by atoms with Gasteiger partial charge in [0.05, 0.1) is 12.7 Å². The normalized spacial score (nSPS) is 10.6. The minimum atomic E-state index is -0.295. The average molecular weight is 236 g/mol. The van der Waals surface area contributed by atoms with Gasteiger partial charge in [0.2, 0.25) is 0 Å². The van der Waals surface area contributed by atoms with Gasteiger partial charge >= 0.3 is 5.97 Å². The summed E-state index contributed by atoms with van der Waals surface area (Å²) < 4.78 is 4.69. The molecule has 0 saturated carbocycles. The van der Waals surface area contributed by atoms with Gasteiger partial charge in [0.1, 0.15) is 0 Å². The van der Waals surface area contributed by atoms with Gasteiger partial charge in [0.25, 0.3) is 0 Å². The van der Waals surface area contributed by atoms with E-state index >= 15 is 0 Å². The van der Waals surface area contributed by atoms with Crippen LogP contribution in [0.4, 0.5) is 0 Å². The highest BCUT2D eigenvalue weighted by Gasteiger charge is 2.06. The minimum absolute atomic E-state index is 0.295. The van der Waals surface area contributed by atoms with Gasteiger partial charge in [-0.05, 0) is 44.3 Å². The lowest BCUT2D eigenvalue weighted by atomic mass is 10.1. The topological polar surface area (TPSA) is 55.6 Å². The van der Waals surface area contributed by atoms with Crippen molar-refractivity contribution in [3.8, 4) is 0 Å². The number of methoxy groups -OCH3 is 1. The van der Waals surface area contributed by atoms with Crippen LogP contribution >= 0.6 is 0 Å². The number of nitrogens with two attached hydrogens (primary N) is 1. The molecule has 0 aliphatic carbocycles. The van der Waals surface area contributed by atoms with Gasteiger partial charge in [0.15, 0.2) is 0 Å². The standard InChI is InChI=1S/C13H20N2O2/c1-15(8-4-7-14)10-11-5-3-6-12(9-11)13(16)17-2/h3,5-6,9H,4,7-8,10,14H2,1-2H3. The monoisotopic (exact) mass is 236 g/mol. The Morgan fingerprint density at radius 2 is 2.24 bits per heavy atom. The van der Waals surface area contributed by atoms with Gasteiger partial charge in [-0.25, -0.2) is 4.79 Å². The molecular formula is C13H20N2O2. The lowest BCUT2D eigenvalue weighted by Crippen LogP contribution is -2.21. The zero-order chi connectivity index (χ0) is 12.7. The van der Waals surface area contributed by atoms with Crippen molar-refractivity contribution in [1.82, 2.24) is 4.90 Å². The number of benzene rings is 1. The van der Waals surface area contributed by atoms with E-state index in [9.17, 15) is 4.79 Å². The third kappa shape index (κ3) is 4.54. The van der Waals surface area contributed by atoms with Crippen LogP contribution in [-0.4, -0.2) is 38.1 Å². The number of carbonyl (C=O) groups is 1. The smallest absolute Gasteiger partial charge is 0.337 e. The van der Waals surface area contributed by atoms with E-state index in [2.05, 4.69) is 4.90 Å². The van der Waals surface area contributed by atoms with Crippen LogP contribution in [0, 0.1) is 0 Å². The zero-order valence-corrected chi connectivity index (χ0v) is 10.5. The number of hydrogen-bond donors (Lipinski definition) is 1. The molecule has 0 amide bonds. The number of hydrogen-bond acceptors (Lipinski definition) is 4. The van der Waals surface area contributed by atoms with Crippen LogP contribution in [0.2, 0.25) is 0 Å². The first-order chi connectivity index (χ1) is 8.17. The van der Waals surface area contributed by atoms with E-state index in [1.54, 1.807) is 6.07 Å². The molecule has 4 nitrogen and oxygen atoms in total. The number of rotatable bonds is 6. The fraction of sp³-hybridized carbons (Fsp3) is 0.462. The Bertz CT molecular complexity index is 366. The third-order valence-corrected chi connectivity index (χ3v) is 2.54. The molecule has 0 fully saturated rings. The van der Waals surface area contributed by atoms with E-state index in [1.165, 1.54) is 7.11 Å². The maximum atomic E-state index is 11.4. The molecule has 94 valence electrons. The molecule has 17 heavy (non-hydrogen) atoms. The Hall–Kier alpha value is -1.39. The number of ether oxygens (including phenoxy) is 1. The Kier molecular flexibility index (Phi) is 5.66. The molecule has 0 atom stereocenters. The summed E-state index contributed by atoms with van der Waals surface area (Å²) in [6.45, 7) is 2.47. The molecular weight excluding hydrogens is 216 g/mol. The fourth-order valence-electron chi connectivity index (χ4n) is 1.67.